The minimum Gasteiger partial charge on any atom is -0.506 e. The van der Waals surface area contributed by atoms with Gasteiger partial charge in [-0.2, -0.15) is 8.42 Å². The van der Waals surface area contributed by atoms with Crippen molar-refractivity contribution in [3.05, 3.63) is 22.2 Å². The van der Waals surface area contributed by atoms with Crippen molar-refractivity contribution in [3.8, 4) is 5.75 Å². The molecule has 7 heteroatoms. The summed E-state index contributed by atoms with van der Waals surface area (Å²) in [5, 5.41) is 8.75. The zero-order valence-corrected chi connectivity index (χ0v) is 8.36. The molecule has 0 unspecified atom stereocenters. The molecule has 1 aromatic rings. The molecule has 0 atom stereocenters. The van der Waals surface area contributed by atoms with Gasteiger partial charge in [0.25, 0.3) is 10.1 Å². The molecule has 0 saturated heterocycles. The average molecular weight is 243 g/mol. The van der Waals surface area contributed by atoms with Crippen molar-refractivity contribution < 1.29 is 18.1 Å². The zero-order chi connectivity index (χ0) is 10.2. The van der Waals surface area contributed by atoms with Crippen LogP contribution in [0.2, 0.25) is 10.0 Å². The molecule has 13 heavy (non-hydrogen) atoms. The van der Waals surface area contributed by atoms with Gasteiger partial charge < -0.3 is 5.11 Å². The summed E-state index contributed by atoms with van der Waals surface area (Å²) in [4.78, 5) is -0.501. The van der Waals surface area contributed by atoms with E-state index in [-0.39, 0.29) is 10.0 Å². The van der Waals surface area contributed by atoms with Crippen LogP contribution in [0.4, 0.5) is 0 Å². The Morgan fingerprint density at radius 3 is 2.15 bits per heavy atom. The minimum absolute atomic E-state index is 0.144. The lowest BCUT2D eigenvalue weighted by molar-refractivity contribution is 0.466. The molecule has 0 saturated carbocycles. The number of hydrogen-bond acceptors (Lipinski definition) is 3. The van der Waals surface area contributed by atoms with E-state index in [1.54, 1.807) is 0 Å². The Hall–Kier alpha value is -0.490. The van der Waals surface area contributed by atoms with Crippen molar-refractivity contribution in [2.45, 2.75) is 4.90 Å². The Bertz CT molecular complexity index is 417. The van der Waals surface area contributed by atoms with Gasteiger partial charge in [-0.3, -0.25) is 4.55 Å². The highest BCUT2D eigenvalue weighted by Crippen LogP contribution is 2.33. The van der Waals surface area contributed by atoms with Gasteiger partial charge in [0, 0.05) is 6.07 Å². The number of aromatic hydroxyl groups is 1. The highest BCUT2D eigenvalue weighted by molar-refractivity contribution is 7.85. The van der Waals surface area contributed by atoms with Crippen LogP contribution in [0.5, 0.6) is 5.75 Å². The van der Waals surface area contributed by atoms with Gasteiger partial charge in [-0.05, 0) is 6.07 Å². The highest BCUT2D eigenvalue weighted by Gasteiger charge is 2.14. The van der Waals surface area contributed by atoms with E-state index < -0.39 is 20.8 Å². The first kappa shape index (κ1) is 10.6. The SMILES string of the molecule is O=S(=O)(O)c1cc(O)c(Cl)c(Cl)c1. The lowest BCUT2D eigenvalue weighted by Crippen LogP contribution is -1.97. The summed E-state index contributed by atoms with van der Waals surface area (Å²) in [6.07, 6.45) is 0. The normalized spacial score (nSPS) is 11.6. The maximum Gasteiger partial charge on any atom is 0.294 e. The predicted octanol–water partition coefficient (Wildman–Crippen LogP) is 1.95. The molecular formula is C6H4Cl2O4S. The molecule has 0 amide bonds. The second-order valence-corrected chi connectivity index (χ2v) is 4.42. The molecule has 0 heterocycles. The van der Waals surface area contributed by atoms with Crippen LogP contribution in [0.25, 0.3) is 0 Å². The first-order valence-electron chi connectivity index (χ1n) is 2.98. The van der Waals surface area contributed by atoms with E-state index in [1.807, 2.05) is 0 Å². The molecule has 72 valence electrons. The summed E-state index contributed by atoms with van der Waals surface area (Å²) in [7, 11) is -4.37. The van der Waals surface area contributed by atoms with E-state index in [2.05, 4.69) is 0 Å². The van der Waals surface area contributed by atoms with E-state index in [4.69, 9.17) is 32.9 Å². The minimum atomic E-state index is -4.37. The van der Waals surface area contributed by atoms with Gasteiger partial charge in [0.15, 0.2) is 0 Å². The van der Waals surface area contributed by atoms with Crippen LogP contribution in [0.15, 0.2) is 17.0 Å². The standard InChI is InChI=1S/C6H4Cl2O4S/c7-4-1-3(13(10,11)12)2-5(9)6(4)8/h1-2,9H,(H,10,11,12). The smallest absolute Gasteiger partial charge is 0.294 e. The summed E-state index contributed by atoms with van der Waals surface area (Å²) < 4.78 is 29.8. The van der Waals surface area contributed by atoms with E-state index in [9.17, 15) is 8.42 Å². The summed E-state index contributed by atoms with van der Waals surface area (Å²) in [5.41, 5.74) is 0. The van der Waals surface area contributed by atoms with Crippen LogP contribution in [0.3, 0.4) is 0 Å². The predicted molar refractivity (Wildman–Crippen MR) is 47.9 cm³/mol. The van der Waals surface area contributed by atoms with Crippen LogP contribution in [-0.2, 0) is 10.1 Å². The molecule has 0 bridgehead atoms. The molecule has 0 aliphatic heterocycles. The Balaban J connectivity index is 3.47. The number of hydrogen-bond donors (Lipinski definition) is 2. The van der Waals surface area contributed by atoms with Crippen LogP contribution in [0.1, 0.15) is 0 Å². The van der Waals surface area contributed by atoms with E-state index in [0.717, 1.165) is 12.1 Å². The number of phenols is 1. The number of benzene rings is 1. The van der Waals surface area contributed by atoms with Crippen molar-refractivity contribution in [3.63, 3.8) is 0 Å². The van der Waals surface area contributed by atoms with E-state index in [0.29, 0.717) is 0 Å². The van der Waals surface area contributed by atoms with Gasteiger partial charge in [0.1, 0.15) is 10.8 Å². The van der Waals surface area contributed by atoms with E-state index >= 15 is 0 Å². The summed E-state index contributed by atoms with van der Waals surface area (Å²) >= 11 is 10.9. The van der Waals surface area contributed by atoms with Gasteiger partial charge in [-0.1, -0.05) is 23.2 Å². The molecule has 2 N–H and O–H groups in total. The Kier molecular flexibility index (Phi) is 2.72. The fourth-order valence-corrected chi connectivity index (χ4v) is 1.61. The quantitative estimate of drug-likeness (QED) is 0.739. The number of phenolic OH excluding ortho intramolecular Hbond substituents is 1. The van der Waals surface area contributed by atoms with E-state index in [1.165, 1.54) is 0 Å². The molecule has 1 aromatic carbocycles. The van der Waals surface area contributed by atoms with Gasteiger partial charge in [0.05, 0.1) is 9.92 Å². The first-order valence-corrected chi connectivity index (χ1v) is 5.17. The molecule has 4 nitrogen and oxygen atoms in total. The summed E-state index contributed by atoms with van der Waals surface area (Å²) in [6.45, 7) is 0. The van der Waals surface area contributed by atoms with Crippen LogP contribution < -0.4 is 0 Å². The zero-order valence-electron chi connectivity index (χ0n) is 6.03. The maximum atomic E-state index is 10.6. The third-order valence-corrected chi connectivity index (χ3v) is 2.90. The van der Waals surface area contributed by atoms with Crippen molar-refractivity contribution >= 4 is 33.3 Å². The molecule has 0 aromatic heterocycles. The van der Waals surface area contributed by atoms with Gasteiger partial charge >= 0.3 is 0 Å². The molecule has 0 fully saturated rings. The molecule has 0 spiro atoms. The Morgan fingerprint density at radius 2 is 1.77 bits per heavy atom. The molecule has 0 radical (unpaired) electrons. The fraction of sp³-hybridized carbons (Fsp3) is 0. The Morgan fingerprint density at radius 1 is 1.23 bits per heavy atom. The largest absolute Gasteiger partial charge is 0.506 e. The maximum absolute atomic E-state index is 10.6. The van der Waals surface area contributed by atoms with Crippen LogP contribution in [0, 0.1) is 0 Å². The monoisotopic (exact) mass is 242 g/mol. The van der Waals surface area contributed by atoms with Crippen LogP contribution >= 0.6 is 23.2 Å². The average Bonchev–Trinajstić information content (AvgIpc) is 1.97. The molecule has 0 aliphatic carbocycles. The van der Waals surface area contributed by atoms with Gasteiger partial charge in [-0.25, -0.2) is 0 Å². The second-order valence-electron chi connectivity index (χ2n) is 2.21. The van der Waals surface area contributed by atoms with Gasteiger partial charge in [0.2, 0.25) is 0 Å². The molecule has 1 rings (SSSR count). The Labute approximate surface area is 84.5 Å². The third-order valence-electron chi connectivity index (χ3n) is 1.28. The van der Waals surface area contributed by atoms with Crippen molar-refractivity contribution in [2.75, 3.05) is 0 Å². The number of rotatable bonds is 1. The van der Waals surface area contributed by atoms with Crippen molar-refractivity contribution in [1.82, 2.24) is 0 Å². The van der Waals surface area contributed by atoms with Gasteiger partial charge in [-0.15, -0.1) is 0 Å². The topological polar surface area (TPSA) is 74.6 Å². The lowest BCUT2D eigenvalue weighted by Gasteiger charge is -2.02. The first-order chi connectivity index (χ1) is 5.82. The lowest BCUT2D eigenvalue weighted by atomic mass is 10.3. The summed E-state index contributed by atoms with van der Waals surface area (Å²) in [5.74, 6) is -0.498. The fourth-order valence-electron chi connectivity index (χ4n) is 0.699. The third kappa shape index (κ3) is 2.25. The summed E-state index contributed by atoms with van der Waals surface area (Å²) in [6, 6.07) is 1.75. The second kappa shape index (κ2) is 3.34. The number of halogens is 2. The van der Waals surface area contributed by atoms with Crippen molar-refractivity contribution in [2.24, 2.45) is 0 Å². The van der Waals surface area contributed by atoms with Crippen molar-refractivity contribution in [1.29, 1.82) is 0 Å². The van der Waals surface area contributed by atoms with Crippen LogP contribution in [-0.4, -0.2) is 18.1 Å². The molecule has 0 aliphatic rings. The molecular weight excluding hydrogens is 239 g/mol. The highest BCUT2D eigenvalue weighted by atomic mass is 35.5.